The molecule has 0 amide bonds. The molecule has 0 bridgehead atoms. The fourth-order valence-electron chi connectivity index (χ4n) is 3.00. The van der Waals surface area contributed by atoms with Gasteiger partial charge in [-0.25, -0.2) is 4.98 Å². The molecule has 0 aliphatic carbocycles. The number of alkyl halides is 1. The third kappa shape index (κ3) is 2.90. The zero-order valence-corrected chi connectivity index (χ0v) is 13.0. The number of halogens is 1. The minimum Gasteiger partial charge on any atom is -0.325 e. The number of imidazole rings is 1. The second-order valence-electron chi connectivity index (χ2n) is 5.60. The number of likely N-dealkylation sites (tertiary alicyclic amines) is 1. The van der Waals surface area contributed by atoms with Crippen LogP contribution in [0.15, 0.2) is 18.2 Å². The van der Waals surface area contributed by atoms with Gasteiger partial charge in [0.25, 0.3) is 0 Å². The van der Waals surface area contributed by atoms with Crippen molar-refractivity contribution in [1.29, 1.82) is 5.26 Å². The molecule has 0 radical (unpaired) electrons. The van der Waals surface area contributed by atoms with Crippen molar-refractivity contribution in [1.82, 2.24) is 14.5 Å². The maximum Gasteiger partial charge on any atom is 0.127 e. The lowest BCUT2D eigenvalue weighted by atomic mass is 10.2. The average molecular weight is 303 g/mol. The summed E-state index contributed by atoms with van der Waals surface area (Å²) < 4.78 is 2.17. The number of nitrogens with zero attached hydrogens (tertiary/aromatic N) is 4. The number of aromatic nitrogens is 2. The van der Waals surface area contributed by atoms with Gasteiger partial charge in [-0.05, 0) is 51.1 Å². The Balaban J connectivity index is 1.95. The Labute approximate surface area is 129 Å². The Hall–Kier alpha value is -1.57. The summed E-state index contributed by atoms with van der Waals surface area (Å²) >= 11 is 6.29. The smallest absolute Gasteiger partial charge is 0.127 e. The molecule has 1 aromatic carbocycles. The van der Waals surface area contributed by atoms with Gasteiger partial charge in [-0.15, -0.1) is 11.6 Å². The van der Waals surface area contributed by atoms with Crippen molar-refractivity contribution in [3.63, 3.8) is 0 Å². The number of hydrogen-bond donors (Lipinski definition) is 0. The van der Waals surface area contributed by atoms with Crippen molar-refractivity contribution in [3.8, 4) is 6.07 Å². The van der Waals surface area contributed by atoms with Crippen LogP contribution < -0.4 is 0 Å². The lowest BCUT2D eigenvalue weighted by Gasteiger charge is -2.17. The maximum absolute atomic E-state index is 9.09. The number of rotatable bonds is 4. The number of fused-ring (bicyclic) bond motifs is 1. The molecule has 2 aromatic rings. The largest absolute Gasteiger partial charge is 0.325 e. The Morgan fingerprint density at radius 3 is 2.76 bits per heavy atom. The van der Waals surface area contributed by atoms with E-state index in [4.69, 9.17) is 16.9 Å². The van der Waals surface area contributed by atoms with Crippen LogP contribution in [-0.2, 0) is 6.54 Å². The second-order valence-corrected chi connectivity index (χ2v) is 6.26. The molecule has 110 valence electrons. The minimum atomic E-state index is -0.137. The molecule has 1 aromatic heterocycles. The highest BCUT2D eigenvalue weighted by molar-refractivity contribution is 6.20. The molecule has 0 spiro atoms. The molecular weight excluding hydrogens is 284 g/mol. The van der Waals surface area contributed by atoms with E-state index >= 15 is 0 Å². The molecular formula is C16H19ClN4. The lowest BCUT2D eigenvalue weighted by Crippen LogP contribution is -2.24. The van der Waals surface area contributed by atoms with Gasteiger partial charge in [-0.3, -0.25) is 0 Å². The SMILES string of the molecule is CC(Cl)c1nc2ccc(C#N)cc2n1CCN1CCCC1. The first kappa shape index (κ1) is 14.4. The normalized spacial score (nSPS) is 17.2. The summed E-state index contributed by atoms with van der Waals surface area (Å²) in [7, 11) is 0. The van der Waals surface area contributed by atoms with Gasteiger partial charge < -0.3 is 9.47 Å². The van der Waals surface area contributed by atoms with Gasteiger partial charge >= 0.3 is 0 Å². The molecule has 1 aliphatic heterocycles. The summed E-state index contributed by atoms with van der Waals surface area (Å²) in [5.74, 6) is 0.890. The molecule has 1 aliphatic rings. The van der Waals surface area contributed by atoms with Crippen LogP contribution in [0, 0.1) is 11.3 Å². The molecule has 1 saturated heterocycles. The van der Waals surface area contributed by atoms with Gasteiger partial charge in [-0.1, -0.05) is 0 Å². The van der Waals surface area contributed by atoms with Crippen LogP contribution in [0.5, 0.6) is 0 Å². The van der Waals surface area contributed by atoms with E-state index in [1.807, 2.05) is 25.1 Å². The highest BCUT2D eigenvalue weighted by atomic mass is 35.5. The highest BCUT2D eigenvalue weighted by Gasteiger charge is 2.17. The number of nitriles is 1. The Morgan fingerprint density at radius 2 is 2.10 bits per heavy atom. The molecule has 1 atom stereocenters. The van der Waals surface area contributed by atoms with Gasteiger partial charge in [0.1, 0.15) is 5.82 Å². The van der Waals surface area contributed by atoms with Crippen LogP contribution in [0.2, 0.25) is 0 Å². The van der Waals surface area contributed by atoms with Crippen molar-refractivity contribution in [2.24, 2.45) is 0 Å². The predicted octanol–water partition coefficient (Wildman–Crippen LogP) is 3.30. The number of benzene rings is 1. The van der Waals surface area contributed by atoms with Crippen molar-refractivity contribution in [2.45, 2.75) is 31.7 Å². The summed E-state index contributed by atoms with van der Waals surface area (Å²) in [6, 6.07) is 7.82. The minimum absolute atomic E-state index is 0.137. The first-order valence-electron chi connectivity index (χ1n) is 7.46. The molecule has 21 heavy (non-hydrogen) atoms. The second kappa shape index (κ2) is 6.05. The Morgan fingerprint density at radius 1 is 1.33 bits per heavy atom. The van der Waals surface area contributed by atoms with Gasteiger partial charge in [0.2, 0.25) is 0 Å². The Kier molecular flexibility index (Phi) is 4.14. The van der Waals surface area contributed by atoms with E-state index in [9.17, 15) is 0 Å². The van der Waals surface area contributed by atoms with Crippen molar-refractivity contribution in [3.05, 3.63) is 29.6 Å². The fraction of sp³-hybridized carbons (Fsp3) is 0.500. The van der Waals surface area contributed by atoms with Gasteiger partial charge in [0, 0.05) is 13.1 Å². The molecule has 5 heteroatoms. The van der Waals surface area contributed by atoms with Crippen molar-refractivity contribution >= 4 is 22.6 Å². The topological polar surface area (TPSA) is 44.9 Å². The summed E-state index contributed by atoms with van der Waals surface area (Å²) in [5, 5.41) is 8.96. The standard InChI is InChI=1S/C16H19ClN4/c1-12(17)16-19-14-5-4-13(11-18)10-15(14)21(16)9-8-20-6-2-3-7-20/h4-5,10,12H,2-3,6-9H2,1H3. The van der Waals surface area contributed by atoms with Gasteiger partial charge in [-0.2, -0.15) is 5.26 Å². The summed E-state index contributed by atoms with van der Waals surface area (Å²) in [6.07, 6.45) is 2.59. The van der Waals surface area contributed by atoms with E-state index in [1.165, 1.54) is 25.9 Å². The van der Waals surface area contributed by atoms with Crippen molar-refractivity contribution in [2.75, 3.05) is 19.6 Å². The van der Waals surface area contributed by atoms with Crippen molar-refractivity contribution < 1.29 is 0 Å². The first-order chi connectivity index (χ1) is 10.2. The van der Waals surface area contributed by atoms with E-state index in [-0.39, 0.29) is 5.38 Å². The molecule has 4 nitrogen and oxygen atoms in total. The van der Waals surface area contributed by atoms with Crippen LogP contribution in [0.3, 0.4) is 0 Å². The summed E-state index contributed by atoms with van der Waals surface area (Å²) in [5.41, 5.74) is 2.59. The predicted molar refractivity (Wildman–Crippen MR) is 84.4 cm³/mol. The molecule has 1 fully saturated rings. The molecule has 3 rings (SSSR count). The van der Waals surface area contributed by atoms with Gasteiger partial charge in [0.15, 0.2) is 0 Å². The van der Waals surface area contributed by atoms with E-state index in [0.717, 1.165) is 29.9 Å². The average Bonchev–Trinajstić information content (AvgIpc) is 3.11. The fourth-order valence-corrected chi connectivity index (χ4v) is 3.16. The molecule has 2 heterocycles. The van der Waals surface area contributed by atoms with Crippen LogP contribution in [0.4, 0.5) is 0 Å². The Bertz CT molecular complexity index is 677. The van der Waals surface area contributed by atoms with Gasteiger partial charge in [0.05, 0.1) is 28.0 Å². The first-order valence-corrected chi connectivity index (χ1v) is 7.89. The van der Waals surface area contributed by atoms with Crippen LogP contribution >= 0.6 is 11.6 Å². The van der Waals surface area contributed by atoms with Crippen LogP contribution in [-0.4, -0.2) is 34.1 Å². The van der Waals surface area contributed by atoms with E-state index < -0.39 is 0 Å². The molecule has 1 unspecified atom stereocenters. The third-order valence-corrected chi connectivity index (χ3v) is 4.30. The number of hydrogen-bond acceptors (Lipinski definition) is 3. The molecule has 0 N–H and O–H groups in total. The van der Waals surface area contributed by atoms with Crippen LogP contribution in [0.1, 0.15) is 36.5 Å². The van der Waals surface area contributed by atoms with Crippen LogP contribution in [0.25, 0.3) is 11.0 Å². The van der Waals surface area contributed by atoms with E-state index in [0.29, 0.717) is 5.56 Å². The lowest BCUT2D eigenvalue weighted by molar-refractivity contribution is 0.322. The zero-order chi connectivity index (χ0) is 14.8. The van der Waals surface area contributed by atoms with E-state index in [2.05, 4.69) is 20.5 Å². The third-order valence-electron chi connectivity index (χ3n) is 4.10. The van der Waals surface area contributed by atoms with E-state index in [1.54, 1.807) is 0 Å². The monoisotopic (exact) mass is 302 g/mol. The summed E-state index contributed by atoms with van der Waals surface area (Å²) in [6.45, 7) is 6.20. The quantitative estimate of drug-likeness (QED) is 0.814. The maximum atomic E-state index is 9.09. The zero-order valence-electron chi connectivity index (χ0n) is 12.2. The highest BCUT2D eigenvalue weighted by Crippen LogP contribution is 2.25. The molecule has 0 saturated carbocycles. The summed E-state index contributed by atoms with van der Waals surface area (Å²) in [4.78, 5) is 7.11.